The number of aromatic nitrogens is 2. The number of halogens is 1. The predicted octanol–water partition coefficient (Wildman–Crippen LogP) is 5.01. The van der Waals surface area contributed by atoms with Gasteiger partial charge in [-0.1, -0.05) is 6.07 Å². The molecule has 0 spiro atoms. The molecule has 13 heteroatoms. The van der Waals surface area contributed by atoms with Crippen LogP contribution in [0.2, 0.25) is 0 Å². The van der Waals surface area contributed by atoms with Crippen LogP contribution in [0.3, 0.4) is 0 Å². The molecule has 42 heavy (non-hydrogen) atoms. The normalized spacial score (nSPS) is 11.3. The molecule has 0 saturated heterocycles. The number of ether oxygens (including phenoxy) is 1. The van der Waals surface area contributed by atoms with Crippen molar-refractivity contribution >= 4 is 35.3 Å². The van der Waals surface area contributed by atoms with E-state index in [0.717, 1.165) is 5.56 Å². The average molecular weight is 576 g/mol. The van der Waals surface area contributed by atoms with Gasteiger partial charge >= 0.3 is 18.0 Å². The van der Waals surface area contributed by atoms with Crippen molar-refractivity contribution in [2.24, 2.45) is 0 Å². The largest absolute Gasteiger partial charge is 0.481 e. The van der Waals surface area contributed by atoms with E-state index in [0.29, 0.717) is 28.6 Å². The summed E-state index contributed by atoms with van der Waals surface area (Å²) in [4.78, 5) is 54.1. The fourth-order valence-electron chi connectivity index (χ4n) is 3.82. The standard InChI is InChI=1S/C29H26FN5O7/c1-16-2-7-21(30)23(12-16)35-29(41)33-18-3-5-19(6-4-18)42-20-10-11-31-25(14-20)24-13-17(15-32-24)27(38)34-22(28(39)40)8-9-26(36)37/h2-7,10-15,22,32H,8-9H2,1H3,(H,34,38)(H,36,37)(H,39,40)(H2,33,35,41). The molecule has 3 amide bonds. The zero-order valence-electron chi connectivity index (χ0n) is 22.2. The molecule has 12 nitrogen and oxygen atoms in total. The fourth-order valence-corrected chi connectivity index (χ4v) is 3.82. The van der Waals surface area contributed by atoms with Gasteiger partial charge in [0.15, 0.2) is 0 Å². The maximum absolute atomic E-state index is 13.9. The van der Waals surface area contributed by atoms with Crippen LogP contribution in [0.25, 0.3) is 11.4 Å². The highest BCUT2D eigenvalue weighted by Crippen LogP contribution is 2.27. The van der Waals surface area contributed by atoms with E-state index in [2.05, 4.69) is 25.9 Å². The molecule has 4 aromatic rings. The first-order valence-electron chi connectivity index (χ1n) is 12.6. The third kappa shape index (κ3) is 7.91. The number of carboxylic acids is 2. The molecule has 0 fully saturated rings. The first-order valence-corrected chi connectivity index (χ1v) is 12.6. The maximum atomic E-state index is 13.9. The quantitative estimate of drug-likeness (QED) is 0.144. The van der Waals surface area contributed by atoms with Gasteiger partial charge in [0.2, 0.25) is 0 Å². The van der Waals surface area contributed by atoms with Crippen LogP contribution in [0.1, 0.15) is 28.8 Å². The van der Waals surface area contributed by atoms with Crippen LogP contribution < -0.4 is 20.7 Å². The van der Waals surface area contributed by atoms with Gasteiger partial charge in [0.1, 0.15) is 23.4 Å². The number of nitrogens with one attached hydrogen (secondary N) is 4. The minimum atomic E-state index is -1.35. The molecule has 1 atom stereocenters. The second-order valence-corrected chi connectivity index (χ2v) is 9.16. The lowest BCUT2D eigenvalue weighted by atomic mass is 10.1. The average Bonchev–Trinajstić information content (AvgIpc) is 3.45. The Kier molecular flexibility index (Phi) is 9.12. The van der Waals surface area contributed by atoms with Crippen molar-refractivity contribution in [1.82, 2.24) is 15.3 Å². The predicted molar refractivity (Wildman–Crippen MR) is 150 cm³/mol. The summed E-state index contributed by atoms with van der Waals surface area (Å²) >= 11 is 0. The monoisotopic (exact) mass is 575 g/mol. The number of aliphatic carboxylic acids is 2. The third-order valence-electron chi connectivity index (χ3n) is 5.92. The molecule has 0 aliphatic heterocycles. The number of hydrogen-bond acceptors (Lipinski definition) is 6. The summed E-state index contributed by atoms with van der Waals surface area (Å²) in [7, 11) is 0. The molecule has 2 aromatic heterocycles. The molecule has 0 aliphatic rings. The number of carbonyl (C=O) groups excluding carboxylic acids is 2. The summed E-state index contributed by atoms with van der Waals surface area (Å²) in [6.45, 7) is 1.79. The van der Waals surface area contributed by atoms with E-state index in [1.165, 1.54) is 30.6 Å². The second kappa shape index (κ2) is 13.1. The zero-order valence-corrected chi connectivity index (χ0v) is 22.2. The molecule has 1 unspecified atom stereocenters. The van der Waals surface area contributed by atoms with Gasteiger partial charge in [-0.3, -0.25) is 14.6 Å². The van der Waals surface area contributed by atoms with Crippen LogP contribution in [0.15, 0.2) is 73.1 Å². The highest BCUT2D eigenvalue weighted by molar-refractivity contribution is 6.00. The first-order chi connectivity index (χ1) is 20.1. The van der Waals surface area contributed by atoms with E-state index < -0.39 is 42.2 Å². The molecule has 0 bridgehead atoms. The Morgan fingerprint density at radius 1 is 0.976 bits per heavy atom. The van der Waals surface area contributed by atoms with E-state index >= 15 is 0 Å². The van der Waals surface area contributed by atoms with E-state index in [9.17, 15) is 28.7 Å². The number of nitrogens with zero attached hydrogens (tertiary/aromatic N) is 1. The molecular formula is C29H26FN5O7. The van der Waals surface area contributed by atoms with Crippen molar-refractivity contribution in [2.45, 2.75) is 25.8 Å². The van der Waals surface area contributed by atoms with Gasteiger partial charge in [0, 0.05) is 30.6 Å². The van der Waals surface area contributed by atoms with Crippen LogP contribution in [0.5, 0.6) is 11.5 Å². The van der Waals surface area contributed by atoms with Gasteiger partial charge in [0.25, 0.3) is 5.91 Å². The summed E-state index contributed by atoms with van der Waals surface area (Å²) < 4.78 is 19.8. The number of carbonyl (C=O) groups is 4. The molecular weight excluding hydrogens is 549 g/mol. The number of anilines is 2. The number of urea groups is 1. The van der Waals surface area contributed by atoms with Crippen molar-refractivity contribution in [3.63, 3.8) is 0 Å². The van der Waals surface area contributed by atoms with E-state index in [1.54, 1.807) is 49.4 Å². The maximum Gasteiger partial charge on any atom is 0.326 e. The van der Waals surface area contributed by atoms with Crippen LogP contribution in [-0.4, -0.2) is 50.1 Å². The fraction of sp³-hybridized carbons (Fsp3) is 0.138. The number of pyridine rings is 1. The van der Waals surface area contributed by atoms with Crippen LogP contribution >= 0.6 is 0 Å². The first kappa shape index (κ1) is 29.3. The molecule has 4 rings (SSSR count). The number of benzene rings is 2. The van der Waals surface area contributed by atoms with E-state index in [-0.39, 0.29) is 17.7 Å². The minimum absolute atomic E-state index is 0.0657. The number of aryl methyl sites for hydroxylation is 1. The number of H-pyrrole nitrogens is 1. The summed E-state index contributed by atoms with van der Waals surface area (Å²) in [6.07, 6.45) is 2.22. The van der Waals surface area contributed by atoms with E-state index in [4.69, 9.17) is 9.84 Å². The molecule has 2 heterocycles. The Morgan fingerprint density at radius 3 is 2.45 bits per heavy atom. The number of carboxylic acid groups (broad SMARTS) is 2. The van der Waals surface area contributed by atoms with Crippen molar-refractivity contribution in [3.05, 3.63) is 90.0 Å². The van der Waals surface area contributed by atoms with Gasteiger partial charge in [-0.2, -0.15) is 0 Å². The van der Waals surface area contributed by atoms with Crippen molar-refractivity contribution in [3.8, 4) is 22.9 Å². The number of hydrogen-bond donors (Lipinski definition) is 6. The number of rotatable bonds is 11. The minimum Gasteiger partial charge on any atom is -0.481 e. The summed E-state index contributed by atoms with van der Waals surface area (Å²) in [5, 5.41) is 25.5. The Morgan fingerprint density at radius 2 is 1.74 bits per heavy atom. The van der Waals surface area contributed by atoms with Gasteiger partial charge in [-0.15, -0.1) is 0 Å². The lowest BCUT2D eigenvalue weighted by Gasteiger charge is -2.12. The molecule has 216 valence electrons. The van der Waals surface area contributed by atoms with Gasteiger partial charge in [-0.25, -0.2) is 14.0 Å². The van der Waals surface area contributed by atoms with Crippen molar-refractivity contribution < 1.29 is 38.5 Å². The Balaban J connectivity index is 1.36. The topological polar surface area (TPSA) is 183 Å². The lowest BCUT2D eigenvalue weighted by Crippen LogP contribution is -2.41. The number of aromatic amines is 1. The third-order valence-corrected chi connectivity index (χ3v) is 5.92. The summed E-state index contributed by atoms with van der Waals surface area (Å²) in [5.41, 5.74) is 2.35. The summed E-state index contributed by atoms with van der Waals surface area (Å²) in [5.74, 6) is -2.86. The summed E-state index contributed by atoms with van der Waals surface area (Å²) in [6, 6.07) is 13.6. The highest BCUT2D eigenvalue weighted by Gasteiger charge is 2.22. The smallest absolute Gasteiger partial charge is 0.326 e. The number of amides is 3. The van der Waals surface area contributed by atoms with Gasteiger partial charge < -0.3 is 35.9 Å². The Hall–Kier alpha value is -5.72. The lowest BCUT2D eigenvalue weighted by molar-refractivity contribution is -0.140. The van der Waals surface area contributed by atoms with E-state index in [1.807, 2.05) is 0 Å². The molecule has 0 saturated carbocycles. The zero-order chi connectivity index (χ0) is 30.2. The van der Waals surface area contributed by atoms with Crippen LogP contribution in [0.4, 0.5) is 20.6 Å². The Labute approximate surface area is 238 Å². The second-order valence-electron chi connectivity index (χ2n) is 9.16. The highest BCUT2D eigenvalue weighted by atomic mass is 19.1. The molecule has 0 aliphatic carbocycles. The molecule has 6 N–H and O–H groups in total. The van der Waals surface area contributed by atoms with Crippen molar-refractivity contribution in [2.75, 3.05) is 10.6 Å². The van der Waals surface area contributed by atoms with Gasteiger partial charge in [0.05, 0.1) is 22.6 Å². The molecule has 0 radical (unpaired) electrons. The SMILES string of the molecule is Cc1ccc(F)c(NC(=O)Nc2ccc(Oc3ccnc(-c4cc(C(=O)NC(CCC(=O)O)C(=O)O)c[nH]4)c3)cc2)c1. The molecule has 2 aromatic carbocycles. The van der Waals surface area contributed by atoms with Gasteiger partial charge in [-0.05, 0) is 67.4 Å². The van der Waals surface area contributed by atoms with Crippen molar-refractivity contribution in [1.29, 1.82) is 0 Å². The Bertz CT molecular complexity index is 1620. The van der Waals surface area contributed by atoms with Crippen LogP contribution in [0, 0.1) is 12.7 Å². The van der Waals surface area contributed by atoms with Crippen LogP contribution in [-0.2, 0) is 9.59 Å².